The Morgan fingerprint density at radius 3 is 3.00 bits per heavy atom. The van der Waals surface area contributed by atoms with E-state index in [9.17, 15) is 9.59 Å². The second-order valence-corrected chi connectivity index (χ2v) is 6.71. The largest absolute Gasteiger partial charge is 0.459 e. The number of carbonyl (C=O) groups excluding carboxylic acids is 2. The molecule has 2 amide bonds. The molecule has 2 aromatic rings. The van der Waals surface area contributed by atoms with E-state index in [0.29, 0.717) is 29.0 Å². The fraction of sp³-hybridized carbons (Fsp3) is 0.375. The highest BCUT2D eigenvalue weighted by Crippen LogP contribution is 2.28. The van der Waals surface area contributed by atoms with E-state index in [2.05, 4.69) is 17.6 Å². The minimum Gasteiger partial charge on any atom is -0.459 e. The lowest BCUT2D eigenvalue weighted by atomic mass is 10.2. The van der Waals surface area contributed by atoms with Gasteiger partial charge in [-0.15, -0.1) is 11.3 Å². The number of thiophene rings is 1. The lowest BCUT2D eigenvalue weighted by Gasteiger charge is -2.31. The van der Waals surface area contributed by atoms with Crippen LogP contribution in [0.5, 0.6) is 0 Å². The number of aryl methyl sites for hydroxylation is 1. The molecule has 0 bridgehead atoms. The Bertz CT molecular complexity index is 708. The molecule has 1 saturated heterocycles. The fourth-order valence-electron chi connectivity index (χ4n) is 2.60. The number of hydrogen-bond acceptors (Lipinski definition) is 5. The Balaban J connectivity index is 1.73. The third kappa shape index (κ3) is 3.46. The number of rotatable bonds is 3. The van der Waals surface area contributed by atoms with Crippen LogP contribution < -0.4 is 10.6 Å². The summed E-state index contributed by atoms with van der Waals surface area (Å²) in [6, 6.07) is 5.38. The predicted molar refractivity (Wildman–Crippen MR) is 89.1 cm³/mol. The van der Waals surface area contributed by atoms with Crippen LogP contribution in [0.15, 0.2) is 28.9 Å². The summed E-state index contributed by atoms with van der Waals surface area (Å²) in [6.45, 7) is 6.16. The monoisotopic (exact) mass is 333 g/mol. The normalized spacial score (nSPS) is 18.0. The molecule has 6 nitrogen and oxygen atoms in total. The van der Waals surface area contributed by atoms with Gasteiger partial charge in [-0.25, -0.2) is 0 Å². The van der Waals surface area contributed by atoms with Crippen LogP contribution in [-0.2, 0) is 0 Å². The van der Waals surface area contributed by atoms with Crippen molar-refractivity contribution >= 4 is 28.2 Å². The number of furan rings is 1. The zero-order chi connectivity index (χ0) is 16.4. The molecule has 1 aliphatic rings. The van der Waals surface area contributed by atoms with E-state index in [1.165, 1.54) is 17.6 Å². The first-order valence-electron chi connectivity index (χ1n) is 7.52. The zero-order valence-electron chi connectivity index (χ0n) is 13.1. The summed E-state index contributed by atoms with van der Waals surface area (Å²) in [4.78, 5) is 27.2. The van der Waals surface area contributed by atoms with Crippen molar-refractivity contribution in [3.8, 4) is 0 Å². The van der Waals surface area contributed by atoms with Crippen molar-refractivity contribution in [2.45, 2.75) is 19.9 Å². The number of piperazine rings is 1. The Labute approximate surface area is 138 Å². The molecule has 122 valence electrons. The van der Waals surface area contributed by atoms with Crippen LogP contribution in [0.2, 0.25) is 0 Å². The molecule has 23 heavy (non-hydrogen) atoms. The molecule has 7 heteroatoms. The summed E-state index contributed by atoms with van der Waals surface area (Å²) in [6.07, 6.45) is 1.45. The molecule has 1 unspecified atom stereocenters. The van der Waals surface area contributed by atoms with Gasteiger partial charge in [0, 0.05) is 25.7 Å². The van der Waals surface area contributed by atoms with Gasteiger partial charge in [-0.3, -0.25) is 9.59 Å². The summed E-state index contributed by atoms with van der Waals surface area (Å²) >= 11 is 1.30. The van der Waals surface area contributed by atoms with E-state index in [1.807, 2.05) is 17.9 Å². The highest BCUT2D eigenvalue weighted by atomic mass is 32.1. The van der Waals surface area contributed by atoms with Crippen LogP contribution in [0.25, 0.3) is 0 Å². The third-order valence-corrected chi connectivity index (χ3v) is 4.89. The number of carbonyl (C=O) groups is 2. The molecular formula is C16H19N3O3S. The maximum atomic E-state index is 12.7. The smallest absolute Gasteiger partial charge is 0.291 e. The summed E-state index contributed by atoms with van der Waals surface area (Å²) < 4.78 is 5.07. The highest BCUT2D eigenvalue weighted by Gasteiger charge is 2.25. The van der Waals surface area contributed by atoms with Crippen molar-refractivity contribution in [2.24, 2.45) is 0 Å². The Hall–Kier alpha value is -2.12. The Morgan fingerprint density at radius 2 is 2.30 bits per heavy atom. The first-order chi connectivity index (χ1) is 11.0. The third-order valence-electron chi connectivity index (χ3n) is 3.75. The minimum atomic E-state index is -0.314. The standard InChI is InChI=1S/C16H19N3O3S/c1-10-8-13(18-15(20)12-4-3-7-22-12)23-14(10)16(21)19-6-5-17-11(2)9-19/h3-4,7-8,11,17H,5-6,9H2,1-2H3,(H,18,20). The molecule has 2 N–H and O–H groups in total. The Morgan fingerprint density at radius 1 is 1.48 bits per heavy atom. The van der Waals surface area contributed by atoms with E-state index < -0.39 is 0 Å². The number of anilines is 1. The van der Waals surface area contributed by atoms with Crippen LogP contribution >= 0.6 is 11.3 Å². The van der Waals surface area contributed by atoms with E-state index in [0.717, 1.165) is 12.1 Å². The molecule has 0 saturated carbocycles. The van der Waals surface area contributed by atoms with Gasteiger partial charge in [0.05, 0.1) is 16.1 Å². The van der Waals surface area contributed by atoms with Crippen molar-refractivity contribution in [3.05, 3.63) is 40.7 Å². The molecule has 1 aliphatic heterocycles. The number of nitrogens with one attached hydrogen (secondary N) is 2. The van der Waals surface area contributed by atoms with Gasteiger partial charge in [-0.05, 0) is 37.6 Å². The summed E-state index contributed by atoms with van der Waals surface area (Å²) in [5, 5.41) is 6.75. The molecular weight excluding hydrogens is 314 g/mol. The molecule has 0 radical (unpaired) electrons. The van der Waals surface area contributed by atoms with Gasteiger partial charge in [0.15, 0.2) is 5.76 Å². The maximum absolute atomic E-state index is 12.7. The topological polar surface area (TPSA) is 74.6 Å². The average Bonchev–Trinajstić information content (AvgIpc) is 3.16. The van der Waals surface area contributed by atoms with Crippen LogP contribution in [0.4, 0.5) is 5.00 Å². The van der Waals surface area contributed by atoms with E-state index in [-0.39, 0.29) is 17.6 Å². The Kier molecular flexibility index (Phi) is 4.49. The van der Waals surface area contributed by atoms with E-state index in [1.54, 1.807) is 12.1 Å². The molecule has 0 aliphatic carbocycles. The molecule has 0 aromatic carbocycles. The van der Waals surface area contributed by atoms with Gasteiger partial charge in [0.25, 0.3) is 11.8 Å². The highest BCUT2D eigenvalue weighted by molar-refractivity contribution is 7.18. The molecule has 1 atom stereocenters. The molecule has 3 heterocycles. The van der Waals surface area contributed by atoms with Crippen molar-refractivity contribution < 1.29 is 14.0 Å². The fourth-order valence-corrected chi connectivity index (χ4v) is 3.63. The minimum absolute atomic E-state index is 0.0272. The van der Waals surface area contributed by atoms with Crippen LogP contribution in [0, 0.1) is 6.92 Å². The van der Waals surface area contributed by atoms with E-state index >= 15 is 0 Å². The summed E-state index contributed by atoms with van der Waals surface area (Å²) in [5.41, 5.74) is 0.876. The second-order valence-electron chi connectivity index (χ2n) is 5.66. The van der Waals surface area contributed by atoms with Crippen molar-refractivity contribution in [2.75, 3.05) is 25.0 Å². The van der Waals surface area contributed by atoms with Gasteiger partial charge in [-0.1, -0.05) is 0 Å². The van der Waals surface area contributed by atoms with Crippen molar-refractivity contribution in [1.82, 2.24) is 10.2 Å². The number of hydrogen-bond donors (Lipinski definition) is 2. The van der Waals surface area contributed by atoms with Gasteiger partial charge < -0.3 is 20.0 Å². The van der Waals surface area contributed by atoms with Crippen LogP contribution in [0.1, 0.15) is 32.7 Å². The lowest BCUT2D eigenvalue weighted by Crippen LogP contribution is -2.51. The van der Waals surface area contributed by atoms with Crippen LogP contribution in [-0.4, -0.2) is 42.4 Å². The number of amides is 2. The quantitative estimate of drug-likeness (QED) is 0.904. The first kappa shape index (κ1) is 15.8. The average molecular weight is 333 g/mol. The van der Waals surface area contributed by atoms with Crippen molar-refractivity contribution in [3.63, 3.8) is 0 Å². The number of nitrogens with zero attached hydrogens (tertiary/aromatic N) is 1. The lowest BCUT2D eigenvalue weighted by molar-refractivity contribution is 0.0713. The molecule has 1 fully saturated rings. The SMILES string of the molecule is Cc1cc(NC(=O)c2ccco2)sc1C(=O)N1CCNC(C)C1. The predicted octanol–water partition coefficient (Wildman–Crippen LogP) is 2.34. The zero-order valence-corrected chi connectivity index (χ0v) is 13.9. The second kappa shape index (κ2) is 6.55. The first-order valence-corrected chi connectivity index (χ1v) is 8.34. The molecule has 3 rings (SSSR count). The molecule has 2 aromatic heterocycles. The van der Waals surface area contributed by atoms with Gasteiger partial charge in [0.1, 0.15) is 0 Å². The maximum Gasteiger partial charge on any atom is 0.291 e. The van der Waals surface area contributed by atoms with Gasteiger partial charge in [0.2, 0.25) is 0 Å². The van der Waals surface area contributed by atoms with Gasteiger partial charge >= 0.3 is 0 Å². The van der Waals surface area contributed by atoms with E-state index in [4.69, 9.17) is 4.42 Å². The molecule has 0 spiro atoms. The van der Waals surface area contributed by atoms with Gasteiger partial charge in [-0.2, -0.15) is 0 Å². The summed E-state index contributed by atoms with van der Waals surface area (Å²) in [7, 11) is 0. The summed E-state index contributed by atoms with van der Waals surface area (Å²) in [5.74, 6) is -0.0368. The van der Waals surface area contributed by atoms with Crippen LogP contribution in [0.3, 0.4) is 0 Å². The van der Waals surface area contributed by atoms with Crippen molar-refractivity contribution in [1.29, 1.82) is 0 Å².